The fourth-order valence-electron chi connectivity index (χ4n) is 4.76. The smallest absolute Gasteiger partial charge is 0.243 e. The molecular weight excluding hydrogens is 508 g/mol. The number of nitrogens with zero attached hydrogens (tertiary/aromatic N) is 4. The van der Waals surface area contributed by atoms with Gasteiger partial charge in [-0.25, -0.2) is 16.8 Å². The normalized spacial score (nSPS) is 19.1. The average Bonchev–Trinajstić information content (AvgIpc) is 2.84. The number of hydrogen-bond donors (Lipinski definition) is 0. The van der Waals surface area contributed by atoms with Gasteiger partial charge in [0.1, 0.15) is 0 Å². The van der Waals surface area contributed by atoms with Crippen LogP contribution in [0.2, 0.25) is 0 Å². The lowest BCUT2D eigenvalue weighted by atomic mass is 10.0. The Bertz CT molecular complexity index is 1280. The van der Waals surface area contributed by atoms with Gasteiger partial charge in [0.05, 0.1) is 21.4 Å². The number of nitriles is 1. The minimum absolute atomic E-state index is 0. The summed E-state index contributed by atoms with van der Waals surface area (Å²) in [7, 11) is -7.21. The van der Waals surface area contributed by atoms with Gasteiger partial charge in [0.2, 0.25) is 10.0 Å². The lowest BCUT2D eigenvalue weighted by Crippen LogP contribution is -2.54. The van der Waals surface area contributed by atoms with Crippen molar-refractivity contribution in [1.82, 2.24) is 14.1 Å². The van der Waals surface area contributed by atoms with E-state index in [-0.39, 0.29) is 22.2 Å². The minimum atomic E-state index is -3.74. The fraction of sp³-hybridized carbons (Fsp3) is 0.458. The third-order valence-corrected chi connectivity index (χ3v) is 9.69. The van der Waals surface area contributed by atoms with Crippen LogP contribution in [-0.4, -0.2) is 82.5 Å². The van der Waals surface area contributed by atoms with Crippen LogP contribution in [0, 0.1) is 11.3 Å². The first kappa shape index (κ1) is 27.6. The van der Waals surface area contributed by atoms with Crippen molar-refractivity contribution in [3.05, 3.63) is 59.7 Å². The van der Waals surface area contributed by atoms with E-state index in [2.05, 4.69) is 21.9 Å². The molecule has 11 heteroatoms. The second-order valence-electron chi connectivity index (χ2n) is 9.01. The van der Waals surface area contributed by atoms with Crippen LogP contribution >= 0.6 is 12.4 Å². The van der Waals surface area contributed by atoms with E-state index in [1.54, 1.807) is 0 Å². The van der Waals surface area contributed by atoms with Gasteiger partial charge in [0, 0.05) is 45.0 Å². The first-order valence-corrected chi connectivity index (χ1v) is 14.8. The molecule has 190 valence electrons. The summed E-state index contributed by atoms with van der Waals surface area (Å²) in [6.07, 6.45) is 3.13. The molecule has 0 unspecified atom stereocenters. The number of rotatable bonds is 6. The quantitative estimate of drug-likeness (QED) is 0.556. The standard InChI is InChI=1S/C24H30N4O4S2.ClH/c1-33(29,30)23-6-3-7-24(17-23)34(31,32)28-14-12-27(13-15-28)22-8-10-26(11-9-22)19-21-5-2-4-20(16-21)18-25;/h2-7,16-17,22H,8-15,19H2,1H3;1H. The van der Waals surface area contributed by atoms with Crippen molar-refractivity contribution in [3.63, 3.8) is 0 Å². The van der Waals surface area contributed by atoms with Crippen LogP contribution in [0.3, 0.4) is 0 Å². The summed E-state index contributed by atoms with van der Waals surface area (Å²) in [6, 6.07) is 16.0. The Morgan fingerprint density at radius 3 is 2.14 bits per heavy atom. The van der Waals surface area contributed by atoms with Crippen molar-refractivity contribution >= 4 is 32.3 Å². The Hall–Kier alpha value is -2.00. The fourth-order valence-corrected chi connectivity index (χ4v) is 6.97. The zero-order chi connectivity index (χ0) is 24.3. The van der Waals surface area contributed by atoms with Crippen molar-refractivity contribution < 1.29 is 16.8 Å². The van der Waals surface area contributed by atoms with Gasteiger partial charge >= 0.3 is 0 Å². The van der Waals surface area contributed by atoms with Gasteiger partial charge in [-0.05, 0) is 61.8 Å². The predicted octanol–water partition coefficient (Wildman–Crippen LogP) is 2.35. The van der Waals surface area contributed by atoms with Gasteiger partial charge in [0.25, 0.3) is 0 Å². The highest BCUT2D eigenvalue weighted by Gasteiger charge is 2.32. The van der Waals surface area contributed by atoms with Crippen LogP contribution in [0.25, 0.3) is 0 Å². The summed E-state index contributed by atoms with van der Waals surface area (Å²) >= 11 is 0. The van der Waals surface area contributed by atoms with Crippen LogP contribution < -0.4 is 0 Å². The molecule has 0 atom stereocenters. The van der Waals surface area contributed by atoms with Crippen LogP contribution in [0.1, 0.15) is 24.0 Å². The van der Waals surface area contributed by atoms with Crippen LogP contribution in [0.4, 0.5) is 0 Å². The number of piperazine rings is 1. The summed E-state index contributed by atoms with van der Waals surface area (Å²) in [5.41, 5.74) is 1.83. The number of benzene rings is 2. The van der Waals surface area contributed by atoms with E-state index in [0.717, 1.165) is 44.3 Å². The monoisotopic (exact) mass is 538 g/mol. The predicted molar refractivity (Wildman–Crippen MR) is 137 cm³/mol. The molecule has 2 aromatic rings. The summed E-state index contributed by atoms with van der Waals surface area (Å²) < 4.78 is 51.3. The second-order valence-corrected chi connectivity index (χ2v) is 13.0. The molecule has 2 saturated heterocycles. The van der Waals surface area contributed by atoms with Crippen molar-refractivity contribution in [2.45, 2.75) is 35.2 Å². The summed E-state index contributed by atoms with van der Waals surface area (Å²) in [4.78, 5) is 4.82. The SMILES string of the molecule is CS(=O)(=O)c1cccc(S(=O)(=O)N2CCN(C3CCN(Cc4cccc(C#N)c4)CC3)CC2)c1.Cl. The topological polar surface area (TPSA) is 102 Å². The lowest BCUT2D eigenvalue weighted by molar-refractivity contribution is 0.0786. The molecule has 0 saturated carbocycles. The molecular formula is C24H31ClN4O4S2. The van der Waals surface area contributed by atoms with E-state index < -0.39 is 19.9 Å². The molecule has 35 heavy (non-hydrogen) atoms. The maximum atomic E-state index is 13.1. The molecule has 8 nitrogen and oxygen atoms in total. The van der Waals surface area contributed by atoms with Crippen LogP contribution in [0.5, 0.6) is 0 Å². The Balaban J connectivity index is 0.00000342. The molecule has 0 aliphatic carbocycles. The molecule has 0 aromatic heterocycles. The molecule has 2 fully saturated rings. The Labute approximate surface area is 214 Å². The molecule has 0 spiro atoms. The zero-order valence-corrected chi connectivity index (χ0v) is 22.2. The highest BCUT2D eigenvalue weighted by molar-refractivity contribution is 7.91. The molecule has 2 heterocycles. The summed E-state index contributed by atoms with van der Waals surface area (Å²) in [6.45, 7) is 4.90. The Morgan fingerprint density at radius 1 is 0.886 bits per heavy atom. The largest absolute Gasteiger partial charge is 0.299 e. The number of likely N-dealkylation sites (tertiary alicyclic amines) is 1. The molecule has 2 aliphatic rings. The van der Waals surface area contributed by atoms with E-state index in [1.807, 2.05) is 18.2 Å². The highest BCUT2D eigenvalue weighted by atomic mass is 35.5. The second kappa shape index (κ2) is 11.4. The number of halogens is 1. The first-order chi connectivity index (χ1) is 16.2. The molecule has 0 bridgehead atoms. The Morgan fingerprint density at radius 2 is 1.51 bits per heavy atom. The number of sulfonamides is 1. The van der Waals surface area contributed by atoms with E-state index in [1.165, 1.54) is 28.6 Å². The van der Waals surface area contributed by atoms with Gasteiger partial charge in [-0.15, -0.1) is 12.4 Å². The molecule has 4 rings (SSSR count). The number of hydrogen-bond acceptors (Lipinski definition) is 7. The van der Waals surface area contributed by atoms with Gasteiger partial charge in [-0.2, -0.15) is 9.57 Å². The van der Waals surface area contributed by atoms with E-state index in [0.29, 0.717) is 37.8 Å². The van der Waals surface area contributed by atoms with E-state index >= 15 is 0 Å². The summed E-state index contributed by atoms with van der Waals surface area (Å²) in [5.74, 6) is 0. The number of piperidine rings is 1. The van der Waals surface area contributed by atoms with Crippen molar-refractivity contribution in [2.24, 2.45) is 0 Å². The van der Waals surface area contributed by atoms with Gasteiger partial charge in [-0.3, -0.25) is 9.80 Å². The minimum Gasteiger partial charge on any atom is -0.299 e. The maximum Gasteiger partial charge on any atom is 0.243 e. The van der Waals surface area contributed by atoms with Crippen molar-refractivity contribution in [2.75, 3.05) is 45.5 Å². The van der Waals surface area contributed by atoms with Crippen molar-refractivity contribution in [3.8, 4) is 6.07 Å². The lowest BCUT2D eigenvalue weighted by Gasteiger charge is -2.42. The molecule has 2 aliphatic heterocycles. The molecule has 0 radical (unpaired) electrons. The van der Waals surface area contributed by atoms with Crippen molar-refractivity contribution in [1.29, 1.82) is 5.26 Å². The van der Waals surface area contributed by atoms with Gasteiger partial charge < -0.3 is 0 Å². The highest BCUT2D eigenvalue weighted by Crippen LogP contribution is 2.24. The molecule has 2 aromatic carbocycles. The number of sulfone groups is 1. The third-order valence-electron chi connectivity index (χ3n) is 6.68. The van der Waals surface area contributed by atoms with Gasteiger partial charge in [-0.1, -0.05) is 18.2 Å². The first-order valence-electron chi connectivity index (χ1n) is 11.4. The molecule has 0 amide bonds. The average molecular weight is 539 g/mol. The van der Waals surface area contributed by atoms with Gasteiger partial charge in [0.15, 0.2) is 9.84 Å². The third kappa shape index (κ3) is 6.61. The van der Waals surface area contributed by atoms with E-state index in [9.17, 15) is 16.8 Å². The maximum absolute atomic E-state index is 13.1. The van der Waals surface area contributed by atoms with Crippen LogP contribution in [-0.2, 0) is 26.4 Å². The van der Waals surface area contributed by atoms with E-state index in [4.69, 9.17) is 5.26 Å². The zero-order valence-electron chi connectivity index (χ0n) is 19.7. The summed E-state index contributed by atoms with van der Waals surface area (Å²) in [5, 5.41) is 9.09. The molecule has 0 N–H and O–H groups in total. The van der Waals surface area contributed by atoms with Crippen LogP contribution in [0.15, 0.2) is 58.3 Å². The Kier molecular flexibility index (Phi) is 8.96.